The number of esters is 1. The topological polar surface area (TPSA) is 35.5 Å². The highest BCUT2D eigenvalue weighted by atomic mass is 35.5. The van der Waals surface area contributed by atoms with E-state index >= 15 is 0 Å². The van der Waals surface area contributed by atoms with Gasteiger partial charge in [-0.15, -0.1) is 11.6 Å². The minimum atomic E-state index is -3.18. The third-order valence-corrected chi connectivity index (χ3v) is 2.18. The quantitative estimate of drug-likeness (QED) is 0.622. The van der Waals surface area contributed by atoms with Crippen LogP contribution in [0, 0.1) is 5.82 Å². The Morgan fingerprint density at radius 3 is 2.59 bits per heavy atom. The van der Waals surface area contributed by atoms with Gasteiger partial charge in [-0.2, -0.15) is 8.78 Å². The second-order valence-electron chi connectivity index (χ2n) is 2.95. The van der Waals surface area contributed by atoms with E-state index in [0.29, 0.717) is 0 Å². The van der Waals surface area contributed by atoms with Crippen LogP contribution in [0.5, 0.6) is 5.75 Å². The molecule has 0 bridgehead atoms. The Morgan fingerprint density at radius 2 is 2.12 bits per heavy atom. The van der Waals surface area contributed by atoms with Gasteiger partial charge in [-0.1, -0.05) is 0 Å². The lowest BCUT2D eigenvalue weighted by Crippen LogP contribution is -2.12. The van der Waals surface area contributed by atoms with Crippen molar-refractivity contribution in [2.24, 2.45) is 0 Å². The Morgan fingerprint density at radius 1 is 1.47 bits per heavy atom. The Hall–Kier alpha value is -1.43. The zero-order chi connectivity index (χ0) is 13.0. The summed E-state index contributed by atoms with van der Waals surface area (Å²) in [6, 6.07) is 2.02. The second kappa shape index (κ2) is 5.77. The van der Waals surface area contributed by atoms with E-state index in [1.807, 2.05) is 0 Å². The number of alkyl halides is 3. The van der Waals surface area contributed by atoms with Gasteiger partial charge in [-0.05, 0) is 17.7 Å². The molecule has 0 aliphatic rings. The van der Waals surface area contributed by atoms with E-state index in [1.165, 1.54) is 0 Å². The van der Waals surface area contributed by atoms with Crippen molar-refractivity contribution in [2.75, 3.05) is 7.11 Å². The fourth-order valence-electron chi connectivity index (χ4n) is 1.20. The number of methoxy groups -OCH3 is 1. The summed E-state index contributed by atoms with van der Waals surface area (Å²) in [5.74, 6) is -2.81. The molecule has 3 nitrogen and oxygen atoms in total. The molecule has 0 amide bonds. The Kier molecular flexibility index (Phi) is 4.62. The van der Waals surface area contributed by atoms with E-state index in [0.717, 1.165) is 19.2 Å². The molecule has 94 valence electrons. The molecule has 0 N–H and O–H groups in total. The van der Waals surface area contributed by atoms with Crippen LogP contribution in [-0.4, -0.2) is 19.7 Å². The fraction of sp³-hybridized carbons (Fsp3) is 0.300. The van der Waals surface area contributed by atoms with Gasteiger partial charge in [-0.25, -0.2) is 9.18 Å². The lowest BCUT2D eigenvalue weighted by molar-refractivity contribution is -0.0506. The van der Waals surface area contributed by atoms with Crippen LogP contribution in [0.1, 0.15) is 15.9 Å². The summed E-state index contributed by atoms with van der Waals surface area (Å²) < 4.78 is 46.0. The minimum Gasteiger partial charge on any atom is -0.465 e. The number of hydrogen-bond donors (Lipinski definition) is 0. The molecule has 1 rings (SSSR count). The van der Waals surface area contributed by atoms with Crippen molar-refractivity contribution >= 4 is 17.6 Å². The predicted octanol–water partition coefficient (Wildman–Crippen LogP) is 2.95. The smallest absolute Gasteiger partial charge is 0.387 e. The maximum atomic E-state index is 13.5. The first-order valence-corrected chi connectivity index (χ1v) is 4.94. The molecule has 0 fully saturated rings. The SMILES string of the molecule is COC(=O)c1c(F)cc(CCl)cc1OC(F)F. The molecule has 1 aromatic rings. The first kappa shape index (κ1) is 13.6. The third kappa shape index (κ3) is 3.26. The van der Waals surface area contributed by atoms with Crippen molar-refractivity contribution in [3.8, 4) is 5.75 Å². The first-order valence-electron chi connectivity index (χ1n) is 4.41. The molecular formula is C10H8ClF3O3. The van der Waals surface area contributed by atoms with Crippen LogP contribution < -0.4 is 4.74 Å². The van der Waals surface area contributed by atoms with Crippen LogP contribution >= 0.6 is 11.6 Å². The molecule has 0 aliphatic heterocycles. The van der Waals surface area contributed by atoms with Gasteiger partial charge in [0, 0.05) is 5.88 Å². The molecule has 0 heterocycles. The molecule has 7 heteroatoms. The van der Waals surface area contributed by atoms with Gasteiger partial charge in [0.05, 0.1) is 7.11 Å². The molecule has 0 saturated carbocycles. The zero-order valence-corrected chi connectivity index (χ0v) is 9.43. The highest BCUT2D eigenvalue weighted by Gasteiger charge is 2.22. The molecule has 0 saturated heterocycles. The number of rotatable bonds is 4. The highest BCUT2D eigenvalue weighted by molar-refractivity contribution is 6.17. The lowest BCUT2D eigenvalue weighted by atomic mass is 10.1. The highest BCUT2D eigenvalue weighted by Crippen LogP contribution is 2.27. The molecule has 0 unspecified atom stereocenters. The molecular weight excluding hydrogens is 261 g/mol. The number of ether oxygens (including phenoxy) is 2. The molecule has 17 heavy (non-hydrogen) atoms. The van der Waals surface area contributed by atoms with Gasteiger partial charge in [0.2, 0.25) is 0 Å². The molecule has 1 aromatic carbocycles. The van der Waals surface area contributed by atoms with Gasteiger partial charge in [-0.3, -0.25) is 0 Å². The lowest BCUT2D eigenvalue weighted by Gasteiger charge is -2.11. The van der Waals surface area contributed by atoms with Gasteiger partial charge < -0.3 is 9.47 Å². The summed E-state index contributed by atoms with van der Waals surface area (Å²) in [7, 11) is 1.00. The first-order chi connectivity index (χ1) is 7.99. The molecule has 0 spiro atoms. The predicted molar refractivity (Wildman–Crippen MR) is 53.9 cm³/mol. The van der Waals surface area contributed by atoms with Crippen molar-refractivity contribution in [1.29, 1.82) is 0 Å². The van der Waals surface area contributed by atoms with Gasteiger partial charge in [0.1, 0.15) is 17.1 Å². The van der Waals surface area contributed by atoms with Crippen LogP contribution in [-0.2, 0) is 10.6 Å². The van der Waals surface area contributed by atoms with Gasteiger partial charge >= 0.3 is 12.6 Å². The summed E-state index contributed by atoms with van der Waals surface area (Å²) in [5.41, 5.74) is -0.464. The third-order valence-electron chi connectivity index (χ3n) is 1.87. The van der Waals surface area contributed by atoms with Gasteiger partial charge in [0.25, 0.3) is 0 Å². The van der Waals surface area contributed by atoms with Crippen LogP contribution in [0.15, 0.2) is 12.1 Å². The average Bonchev–Trinajstić information content (AvgIpc) is 2.26. The van der Waals surface area contributed by atoms with E-state index in [-0.39, 0.29) is 11.4 Å². The molecule has 0 radical (unpaired) electrons. The van der Waals surface area contributed by atoms with E-state index in [2.05, 4.69) is 9.47 Å². The maximum Gasteiger partial charge on any atom is 0.387 e. The summed E-state index contributed by atoms with van der Waals surface area (Å²) in [5, 5.41) is 0. The van der Waals surface area contributed by atoms with Crippen molar-refractivity contribution in [1.82, 2.24) is 0 Å². The van der Waals surface area contributed by atoms with Crippen LogP contribution in [0.3, 0.4) is 0 Å². The fourth-order valence-corrected chi connectivity index (χ4v) is 1.36. The van der Waals surface area contributed by atoms with Crippen molar-refractivity contribution in [3.63, 3.8) is 0 Å². The van der Waals surface area contributed by atoms with Crippen LogP contribution in [0.2, 0.25) is 0 Å². The van der Waals surface area contributed by atoms with Crippen molar-refractivity contribution in [2.45, 2.75) is 12.5 Å². The Balaban J connectivity index is 3.29. The van der Waals surface area contributed by atoms with E-state index in [4.69, 9.17) is 11.6 Å². The van der Waals surface area contributed by atoms with E-state index < -0.39 is 29.7 Å². The summed E-state index contributed by atoms with van der Waals surface area (Å²) in [6.07, 6.45) is 0. The van der Waals surface area contributed by atoms with Gasteiger partial charge in [0.15, 0.2) is 0 Å². The second-order valence-corrected chi connectivity index (χ2v) is 3.22. The van der Waals surface area contributed by atoms with E-state index in [9.17, 15) is 18.0 Å². The maximum absolute atomic E-state index is 13.5. The Labute approximate surface area is 100 Å². The number of hydrogen-bond acceptors (Lipinski definition) is 3. The van der Waals surface area contributed by atoms with Crippen molar-refractivity contribution in [3.05, 3.63) is 29.1 Å². The minimum absolute atomic E-state index is 0.0992. The molecule has 0 aliphatic carbocycles. The molecule has 0 aromatic heterocycles. The van der Waals surface area contributed by atoms with Crippen LogP contribution in [0.25, 0.3) is 0 Å². The zero-order valence-electron chi connectivity index (χ0n) is 8.68. The average molecular weight is 269 g/mol. The number of carbonyl (C=O) groups is 1. The summed E-state index contributed by atoms with van der Waals surface area (Å²) in [6.45, 7) is -3.18. The monoisotopic (exact) mass is 268 g/mol. The number of carbonyl (C=O) groups excluding carboxylic acids is 1. The summed E-state index contributed by atoms with van der Waals surface area (Å²) >= 11 is 5.45. The summed E-state index contributed by atoms with van der Waals surface area (Å²) in [4.78, 5) is 11.2. The standard InChI is InChI=1S/C10H8ClF3O3/c1-16-9(15)8-6(12)2-5(4-11)3-7(8)17-10(13)14/h2-3,10H,4H2,1H3. The number of benzene rings is 1. The molecule has 0 atom stereocenters. The van der Waals surface area contributed by atoms with Crippen LogP contribution in [0.4, 0.5) is 13.2 Å². The largest absolute Gasteiger partial charge is 0.465 e. The Bertz CT molecular complexity index is 424. The number of halogens is 4. The van der Waals surface area contributed by atoms with E-state index in [1.54, 1.807) is 0 Å². The van der Waals surface area contributed by atoms with Crippen molar-refractivity contribution < 1.29 is 27.4 Å². The normalized spacial score (nSPS) is 10.5.